The van der Waals surface area contributed by atoms with Crippen LogP contribution in [-0.4, -0.2) is 189 Å². The van der Waals surface area contributed by atoms with Crippen LogP contribution in [0.5, 0.6) is 0 Å². The van der Waals surface area contributed by atoms with Gasteiger partial charge in [0.1, 0.15) is 26.3 Å². The summed E-state index contributed by atoms with van der Waals surface area (Å²) in [7, 11) is -6.67. The second-order valence-electron chi connectivity index (χ2n) is 14.1. The normalized spacial score (nSPS) is 12.4. The van der Waals surface area contributed by atoms with Crippen LogP contribution in [0.3, 0.4) is 0 Å². The number of ether oxygens (including phenoxy) is 5. The Morgan fingerprint density at radius 1 is 0.782 bits per heavy atom. The number of hydrogen-bond acceptors (Lipinski definition) is 26. The Morgan fingerprint density at radius 2 is 1.23 bits per heavy atom. The Hall–Kier alpha value is -4.57. The fraction of sp³-hybridized carbons (Fsp3) is 0.419. The first-order valence-corrected chi connectivity index (χ1v) is 34.3. The number of cyclic esters (lactones) is 1. The van der Waals surface area contributed by atoms with Gasteiger partial charge in [-0.1, -0.05) is 134 Å². The number of hydrogen-bond donors (Lipinski definition) is 8. The van der Waals surface area contributed by atoms with Crippen molar-refractivity contribution in [1.29, 1.82) is 0 Å². The third kappa shape index (κ3) is 54.1. The molecule has 0 saturated carbocycles. The van der Waals surface area contributed by atoms with Gasteiger partial charge in [0.2, 0.25) is 0 Å². The molecule has 0 atom stereocenters. The molecule has 3 aromatic rings. The Labute approximate surface area is 552 Å². The van der Waals surface area contributed by atoms with Crippen LogP contribution >= 0.6 is 53.2 Å². The third-order valence-electron chi connectivity index (χ3n) is 7.95. The van der Waals surface area contributed by atoms with Crippen molar-refractivity contribution in [3.63, 3.8) is 0 Å². The molecular formula is C43H65Br2Cl2N10NaO24S5. The van der Waals surface area contributed by atoms with Gasteiger partial charge in [-0.15, -0.1) is 6.61 Å². The van der Waals surface area contributed by atoms with Gasteiger partial charge in [0, 0.05) is 45.1 Å². The van der Waals surface area contributed by atoms with Crippen molar-refractivity contribution in [2.75, 3.05) is 91.1 Å². The number of nitrogens with one attached hydrogen (secondary N) is 5. The summed E-state index contributed by atoms with van der Waals surface area (Å²) in [5.74, 6) is -2.19. The van der Waals surface area contributed by atoms with Crippen LogP contribution < -0.4 is 69.7 Å². The van der Waals surface area contributed by atoms with Crippen LogP contribution in [0.1, 0.15) is 23.6 Å². The van der Waals surface area contributed by atoms with Gasteiger partial charge in [-0.25, -0.2) is 23.4 Å². The van der Waals surface area contributed by atoms with E-state index in [9.17, 15) is 70.9 Å². The molecule has 0 aromatic heterocycles. The number of amides is 3. The molecule has 0 spiro atoms. The molecule has 0 radical (unpaired) electrons. The molecular weight excluding hydrogens is 1450 g/mol. The predicted octanol–water partition coefficient (Wildman–Crippen LogP) is -4.50. The maximum atomic E-state index is 11.4. The largest absolute Gasteiger partial charge is 1.00 e. The van der Waals surface area contributed by atoms with Crippen molar-refractivity contribution in [3.8, 4) is 0 Å². The van der Waals surface area contributed by atoms with Crippen LogP contribution in [-0.2, 0) is 116 Å². The molecule has 3 aromatic carbocycles. The minimum absolute atomic E-state index is 0. The van der Waals surface area contributed by atoms with Crippen molar-refractivity contribution >= 4 is 144 Å². The van der Waals surface area contributed by atoms with E-state index in [-0.39, 0.29) is 101 Å². The summed E-state index contributed by atoms with van der Waals surface area (Å²) in [6, 6.07) is 28.0. The standard InChI is InChI=1S/C10H14N2O4S.C9H10N2O3S.C7H9N.C6H10N2O6S.C3H5BrClNO4S.C3H7NO2.C2H5BrO.C2H5O.CClNO3S.Na/c1-16-10(13)8-12-17(14,15)11-7-9-5-3-2-4-6-9;12-9-6-10-15(13,14)11(9)7-8-4-2-1-3-5-8;8-6-7-4-2-1-3-5-7;1-13-5(9)4-7-15(11,12)8-2-3-14-6(8)10;4-1-2-10-3(7)6-11(5,8)9;1-6-3(5)2-4;3-1-2-4;1-2-3;2-7(5,6)3-1-4;/h2-6,11-12H,7-8H2,1H3;1-5,10H,6-7H2;1-5H,6,8H2;7H,2-4H2,1H3;1-2H2,(H,6,7);2,4H2,1H3;4H,1-2H2;2H2,1H3;;/q;;;;;;;-1;;+1. The summed E-state index contributed by atoms with van der Waals surface area (Å²) in [6.07, 6.45) is -1.27. The number of halogens is 4. The van der Waals surface area contributed by atoms with E-state index in [1.54, 1.807) is 43.3 Å². The molecule has 2 heterocycles. The molecule has 2 fully saturated rings. The van der Waals surface area contributed by atoms with Crippen LogP contribution in [0.15, 0.2) is 95.4 Å². The molecule has 2 aliphatic rings. The molecule has 0 aliphatic carbocycles. The fourth-order valence-electron chi connectivity index (χ4n) is 4.33. The van der Waals surface area contributed by atoms with Crippen molar-refractivity contribution < 1.29 is 139 Å². The molecule has 0 unspecified atom stereocenters. The van der Waals surface area contributed by atoms with E-state index in [0.717, 1.165) is 28.6 Å². The number of carbonyl (C=O) groups is 6. The Balaban J connectivity index is -0.000000301. The number of alkyl halides is 2. The van der Waals surface area contributed by atoms with Gasteiger partial charge >= 0.3 is 98.5 Å². The fourth-order valence-corrected chi connectivity index (χ4v) is 8.01. The molecule has 87 heavy (non-hydrogen) atoms. The number of isocyanates is 1. The van der Waals surface area contributed by atoms with Crippen molar-refractivity contribution in [3.05, 3.63) is 108 Å². The molecule has 2 aliphatic heterocycles. The van der Waals surface area contributed by atoms with E-state index in [1.165, 1.54) is 24.5 Å². The van der Waals surface area contributed by atoms with Crippen molar-refractivity contribution in [2.45, 2.75) is 26.6 Å². The SMILES string of the molecule is CC[O-].COC(=O)CN.COC(=O)CNS(=O)(=O)N1CCOC1=O.COC(=O)CNS(=O)(=O)NCc1ccccc1.NCc1ccccc1.O=C(NS(=O)(=O)Cl)OCCBr.O=C1CNS(=O)(=O)N1Cc1ccccc1.O=C=NS(=O)(=O)Cl.OCCBr.[Na+]. The van der Waals surface area contributed by atoms with Gasteiger partial charge in [0.15, 0.2) is 0 Å². The van der Waals surface area contributed by atoms with E-state index in [2.05, 4.69) is 95.5 Å². The minimum atomic E-state index is -4.02. The van der Waals surface area contributed by atoms with Crippen molar-refractivity contribution in [1.82, 2.24) is 32.2 Å². The second kappa shape index (κ2) is 53.3. The minimum Gasteiger partial charge on any atom is -0.855 e. The maximum absolute atomic E-state index is 11.4. The number of aliphatic hydroxyl groups excluding tert-OH is 1. The monoisotopic (exact) mass is 1520 g/mol. The van der Waals surface area contributed by atoms with Crippen LogP contribution in [0.4, 0.5) is 9.59 Å². The zero-order chi connectivity index (χ0) is 66.8. The number of methoxy groups -OCH3 is 3. The number of nitrogens with zero attached hydrogens (tertiary/aromatic N) is 3. The molecule has 2 saturated heterocycles. The van der Waals surface area contributed by atoms with Gasteiger partial charge in [-0.2, -0.15) is 65.3 Å². The molecule has 10 N–H and O–H groups in total. The number of carbonyl (C=O) groups excluding carboxylic acids is 7. The second-order valence-corrected chi connectivity index (χ2v) is 25.1. The number of rotatable bonds is 19. The molecule has 44 heteroatoms. The molecule has 0 bridgehead atoms. The average Bonchev–Trinajstić information content (AvgIpc) is 3.49. The number of esters is 3. The molecule has 34 nitrogen and oxygen atoms in total. The Bertz CT molecular complexity index is 3060. The summed E-state index contributed by atoms with van der Waals surface area (Å²) >= 11 is 5.97. The van der Waals surface area contributed by atoms with Gasteiger partial charge in [-0.3, -0.25) is 19.2 Å². The average molecular weight is 1520 g/mol. The molecule has 3 amide bonds. The summed E-state index contributed by atoms with van der Waals surface area (Å²) < 4.78 is 143. The Morgan fingerprint density at radius 3 is 1.54 bits per heavy atom. The zero-order valence-corrected chi connectivity index (χ0v) is 57.7. The van der Waals surface area contributed by atoms with E-state index in [4.69, 9.17) is 26.5 Å². The maximum Gasteiger partial charge on any atom is 1.00 e. The van der Waals surface area contributed by atoms with Gasteiger partial charge < -0.3 is 45.4 Å². The number of benzene rings is 3. The van der Waals surface area contributed by atoms with Crippen LogP contribution in [0.25, 0.3) is 0 Å². The van der Waals surface area contributed by atoms with E-state index >= 15 is 0 Å². The Kier molecular flexibility index (Phi) is 55.8. The van der Waals surface area contributed by atoms with Gasteiger partial charge in [0.25, 0.3) is 22.2 Å². The topological polar surface area (TPSA) is 511 Å². The first-order valence-electron chi connectivity index (χ1n) is 23.1. The third-order valence-corrected chi connectivity index (χ3v) is 13.7. The van der Waals surface area contributed by atoms with Gasteiger partial charge in [0.05, 0.1) is 54.1 Å². The first-order chi connectivity index (χ1) is 40.2. The van der Waals surface area contributed by atoms with Crippen LogP contribution in [0, 0.1) is 0 Å². The molecule has 5 rings (SSSR count). The van der Waals surface area contributed by atoms with Crippen LogP contribution in [0.2, 0.25) is 0 Å². The van der Waals surface area contributed by atoms with Gasteiger partial charge in [-0.05, 0) is 16.7 Å². The summed E-state index contributed by atoms with van der Waals surface area (Å²) in [5.41, 5.74) is 13.0. The molecule has 490 valence electrons. The number of aliphatic hydroxyl groups is 1. The van der Waals surface area contributed by atoms with E-state index in [0.29, 0.717) is 21.5 Å². The predicted molar refractivity (Wildman–Crippen MR) is 316 cm³/mol. The van der Waals surface area contributed by atoms with E-state index < -0.39 is 85.7 Å². The summed E-state index contributed by atoms with van der Waals surface area (Å²) in [5, 5.41) is 17.9. The smallest absolute Gasteiger partial charge is 0.855 e. The van der Waals surface area contributed by atoms with E-state index in [1.807, 2.05) is 59.3 Å². The first kappa shape index (κ1) is 91.2. The summed E-state index contributed by atoms with van der Waals surface area (Å²) in [4.78, 5) is 72.9. The number of nitrogens with two attached hydrogens (primary N) is 2. The quantitative estimate of drug-likeness (QED) is 0.0107. The summed E-state index contributed by atoms with van der Waals surface area (Å²) in [6.45, 7) is 1.65. The van der Waals surface area contributed by atoms with Crippen molar-refractivity contribution in [2.24, 2.45) is 15.9 Å². The zero-order valence-electron chi connectivity index (χ0n) is 46.9.